The predicted octanol–water partition coefficient (Wildman–Crippen LogP) is -3.09. The predicted molar refractivity (Wildman–Crippen MR) is 117 cm³/mol. The summed E-state index contributed by atoms with van der Waals surface area (Å²) in [6.07, 6.45) is -8.14. The molecule has 0 bridgehead atoms. The number of alkyl carbamates (subject to hydrolysis) is 1. The van der Waals surface area contributed by atoms with Gasteiger partial charge in [-0.2, -0.15) is 0 Å². The molecule has 15 nitrogen and oxygen atoms in total. The first kappa shape index (κ1) is 32.9. The maximum atomic E-state index is 12.3. The van der Waals surface area contributed by atoms with Crippen LogP contribution in [0, 0.1) is 0 Å². The van der Waals surface area contributed by atoms with Gasteiger partial charge >= 0.3 is 12.1 Å². The van der Waals surface area contributed by atoms with Crippen LogP contribution in [0.2, 0.25) is 0 Å². The molecule has 35 heavy (non-hydrogen) atoms. The molecule has 0 radical (unpaired) electrons. The Morgan fingerprint density at radius 3 is 2.14 bits per heavy atom. The molecular formula is C20H38N2O13. The molecule has 2 amide bonds. The summed E-state index contributed by atoms with van der Waals surface area (Å²) in [5, 5.41) is 63.2. The van der Waals surface area contributed by atoms with Crippen molar-refractivity contribution in [2.75, 3.05) is 46.7 Å². The Kier molecular flexibility index (Phi) is 16.3. The fourth-order valence-electron chi connectivity index (χ4n) is 2.75. The summed E-state index contributed by atoms with van der Waals surface area (Å²) in [5.41, 5.74) is 0. The minimum atomic E-state index is -2.81. The number of aliphatic hydroxyl groups is 5. The molecule has 0 fully saturated rings. The van der Waals surface area contributed by atoms with Gasteiger partial charge in [0.25, 0.3) is 5.79 Å². The van der Waals surface area contributed by atoms with E-state index in [0.717, 1.165) is 0 Å². The van der Waals surface area contributed by atoms with Crippen LogP contribution in [0.3, 0.4) is 0 Å². The number of carboxylic acids is 1. The molecule has 0 rings (SSSR count). The van der Waals surface area contributed by atoms with Gasteiger partial charge in [0, 0.05) is 13.5 Å². The summed E-state index contributed by atoms with van der Waals surface area (Å²) in [6, 6.07) is -1.41. The molecule has 5 atom stereocenters. The molecule has 0 aromatic carbocycles. The third kappa shape index (κ3) is 14.1. The Morgan fingerprint density at radius 2 is 1.60 bits per heavy atom. The SMILES string of the molecule is COCCOCCOC(=O)NCC(=O)N[C@@H](C[C@H](O)[C@H](O)CO)[C@H](O)C[C@](O)(OC(C)C)C(=O)O. The number of methoxy groups -OCH3 is 1. The van der Waals surface area contributed by atoms with Crippen molar-refractivity contribution in [1.82, 2.24) is 10.6 Å². The third-order valence-corrected chi connectivity index (χ3v) is 4.47. The highest BCUT2D eigenvalue weighted by atomic mass is 16.7. The zero-order valence-corrected chi connectivity index (χ0v) is 20.1. The number of rotatable bonds is 19. The average molecular weight is 515 g/mol. The summed E-state index contributed by atoms with van der Waals surface area (Å²) >= 11 is 0. The first-order chi connectivity index (χ1) is 16.4. The monoisotopic (exact) mass is 514 g/mol. The molecule has 0 aliphatic rings. The van der Waals surface area contributed by atoms with Crippen LogP contribution in [0.4, 0.5) is 4.79 Å². The molecule has 15 heteroatoms. The second-order valence-corrected chi connectivity index (χ2v) is 7.85. The maximum absolute atomic E-state index is 12.3. The van der Waals surface area contributed by atoms with Crippen molar-refractivity contribution in [3.8, 4) is 0 Å². The Labute approximate surface area is 202 Å². The lowest BCUT2D eigenvalue weighted by molar-refractivity contribution is -0.245. The van der Waals surface area contributed by atoms with Crippen molar-refractivity contribution in [3.05, 3.63) is 0 Å². The number of amides is 2. The molecule has 0 aromatic rings. The average Bonchev–Trinajstić information content (AvgIpc) is 2.78. The van der Waals surface area contributed by atoms with E-state index in [9.17, 15) is 39.9 Å². The molecule has 0 saturated heterocycles. The Bertz CT molecular complexity index is 636. The Morgan fingerprint density at radius 1 is 0.971 bits per heavy atom. The minimum Gasteiger partial charge on any atom is -0.477 e. The topological polar surface area (TPSA) is 234 Å². The highest BCUT2D eigenvalue weighted by molar-refractivity contribution is 5.82. The first-order valence-electron chi connectivity index (χ1n) is 10.9. The van der Waals surface area contributed by atoms with Crippen LogP contribution in [0.15, 0.2) is 0 Å². The summed E-state index contributed by atoms with van der Waals surface area (Å²) in [4.78, 5) is 35.4. The van der Waals surface area contributed by atoms with Gasteiger partial charge in [-0.15, -0.1) is 0 Å². The van der Waals surface area contributed by atoms with Gasteiger partial charge in [-0.25, -0.2) is 9.59 Å². The van der Waals surface area contributed by atoms with Crippen molar-refractivity contribution in [3.63, 3.8) is 0 Å². The molecule has 0 aliphatic heterocycles. The lowest BCUT2D eigenvalue weighted by Gasteiger charge is -2.33. The second-order valence-electron chi connectivity index (χ2n) is 7.85. The smallest absolute Gasteiger partial charge is 0.407 e. The fourth-order valence-corrected chi connectivity index (χ4v) is 2.75. The lowest BCUT2D eigenvalue weighted by atomic mass is 9.95. The number of aliphatic hydroxyl groups excluding tert-OH is 4. The molecule has 0 saturated carbocycles. The van der Waals surface area contributed by atoms with Gasteiger partial charge in [-0.05, 0) is 20.3 Å². The van der Waals surface area contributed by atoms with Crippen LogP contribution in [0.1, 0.15) is 26.7 Å². The van der Waals surface area contributed by atoms with Crippen molar-refractivity contribution < 1.29 is 64.0 Å². The van der Waals surface area contributed by atoms with Crippen LogP contribution in [-0.4, -0.2) is 132 Å². The molecule has 0 aliphatic carbocycles. The lowest BCUT2D eigenvalue weighted by Crippen LogP contribution is -2.54. The van der Waals surface area contributed by atoms with Gasteiger partial charge in [0.2, 0.25) is 5.91 Å². The molecule has 0 unspecified atom stereocenters. The largest absolute Gasteiger partial charge is 0.477 e. The van der Waals surface area contributed by atoms with Crippen LogP contribution in [0.25, 0.3) is 0 Å². The van der Waals surface area contributed by atoms with Crippen LogP contribution in [0.5, 0.6) is 0 Å². The Hall–Kier alpha value is -2.11. The van der Waals surface area contributed by atoms with E-state index in [1.54, 1.807) is 0 Å². The van der Waals surface area contributed by atoms with Gasteiger partial charge in [0.1, 0.15) is 19.3 Å². The molecule has 0 aromatic heterocycles. The van der Waals surface area contributed by atoms with Gasteiger partial charge in [0.05, 0.1) is 50.8 Å². The number of carbonyl (C=O) groups is 3. The molecule has 8 N–H and O–H groups in total. The highest BCUT2D eigenvalue weighted by Gasteiger charge is 2.43. The van der Waals surface area contributed by atoms with Crippen molar-refractivity contribution in [1.29, 1.82) is 0 Å². The number of nitrogens with one attached hydrogen (secondary N) is 2. The molecule has 206 valence electrons. The third-order valence-electron chi connectivity index (χ3n) is 4.47. The Balaban J connectivity index is 5.02. The number of carbonyl (C=O) groups excluding carboxylic acids is 2. The molecular weight excluding hydrogens is 476 g/mol. The van der Waals surface area contributed by atoms with Crippen molar-refractivity contribution >= 4 is 18.0 Å². The number of carboxylic acid groups (broad SMARTS) is 1. The van der Waals surface area contributed by atoms with E-state index >= 15 is 0 Å². The van der Waals surface area contributed by atoms with E-state index in [0.29, 0.717) is 13.2 Å². The fraction of sp³-hybridized carbons (Fsp3) is 0.850. The molecule has 0 spiro atoms. The van der Waals surface area contributed by atoms with E-state index in [2.05, 4.69) is 10.6 Å². The highest BCUT2D eigenvalue weighted by Crippen LogP contribution is 2.21. The van der Waals surface area contributed by atoms with Crippen molar-refractivity contribution in [2.45, 2.75) is 62.9 Å². The van der Waals surface area contributed by atoms with Gasteiger partial charge in [-0.3, -0.25) is 4.79 Å². The number of ether oxygens (including phenoxy) is 4. The zero-order chi connectivity index (χ0) is 27.0. The standard InChI is InChI=1S/C20H38N2O13/c1-12(2)35-20(31,18(28)29)9-15(25)13(8-14(24)16(26)11-23)22-17(27)10-21-19(30)34-7-6-33-5-4-32-3/h12-16,23-26,31H,4-11H2,1-3H3,(H,21,30)(H,22,27)(H,28,29)/t13-,14-,15+,16+,20-/m0/s1. The zero-order valence-electron chi connectivity index (χ0n) is 20.1. The van der Waals surface area contributed by atoms with E-state index in [1.807, 2.05) is 0 Å². The number of hydrogen-bond acceptors (Lipinski definition) is 12. The van der Waals surface area contributed by atoms with Crippen LogP contribution >= 0.6 is 0 Å². The van der Waals surface area contributed by atoms with E-state index in [4.69, 9.17) is 24.1 Å². The summed E-state index contributed by atoms with van der Waals surface area (Å²) in [7, 11) is 1.50. The summed E-state index contributed by atoms with van der Waals surface area (Å²) in [5.74, 6) is -5.47. The number of aliphatic carboxylic acids is 1. The van der Waals surface area contributed by atoms with Gasteiger partial charge < -0.3 is 60.2 Å². The van der Waals surface area contributed by atoms with E-state index in [1.165, 1.54) is 21.0 Å². The van der Waals surface area contributed by atoms with Crippen molar-refractivity contribution in [2.24, 2.45) is 0 Å². The second kappa shape index (κ2) is 17.3. The van der Waals surface area contributed by atoms with Crippen LogP contribution < -0.4 is 10.6 Å². The van der Waals surface area contributed by atoms with Gasteiger partial charge in [-0.1, -0.05) is 0 Å². The quantitative estimate of drug-likeness (QED) is 0.0631. The van der Waals surface area contributed by atoms with Gasteiger partial charge in [0.15, 0.2) is 0 Å². The molecule has 0 heterocycles. The van der Waals surface area contributed by atoms with Crippen LogP contribution in [-0.2, 0) is 28.5 Å². The number of hydrogen-bond donors (Lipinski definition) is 8. The first-order valence-corrected chi connectivity index (χ1v) is 10.9. The summed E-state index contributed by atoms with van der Waals surface area (Å²) < 4.78 is 19.7. The van der Waals surface area contributed by atoms with E-state index < -0.39 is 80.2 Å². The van der Waals surface area contributed by atoms with E-state index in [-0.39, 0.29) is 13.2 Å². The normalized spacial score (nSPS) is 16.6. The minimum absolute atomic E-state index is 0.0899. The maximum Gasteiger partial charge on any atom is 0.407 e. The summed E-state index contributed by atoms with van der Waals surface area (Å²) in [6.45, 7) is 2.17.